The summed E-state index contributed by atoms with van der Waals surface area (Å²) in [4.78, 5) is 4.25. The van der Waals surface area contributed by atoms with Gasteiger partial charge in [-0.15, -0.1) is 0 Å². The molecule has 0 radical (unpaired) electrons. The molecule has 0 aliphatic heterocycles. The molecule has 3 aromatic rings. The van der Waals surface area contributed by atoms with E-state index in [1.165, 1.54) is 0 Å². The molecule has 1 unspecified atom stereocenters. The number of aromatic nitrogens is 3. The molecule has 2 aromatic heterocycles. The summed E-state index contributed by atoms with van der Waals surface area (Å²) in [6.45, 7) is 3.86. The monoisotopic (exact) mass is 306 g/mol. The highest BCUT2D eigenvalue weighted by Gasteiger charge is 2.25. The smallest absolute Gasteiger partial charge is 0.155 e. The van der Waals surface area contributed by atoms with E-state index in [0.717, 1.165) is 33.3 Å². The Morgan fingerprint density at radius 3 is 2.87 bits per heavy atom. The van der Waals surface area contributed by atoms with Crippen LogP contribution in [-0.4, -0.2) is 20.3 Å². The zero-order chi connectivity index (χ0) is 16.4. The van der Waals surface area contributed by atoms with Crippen molar-refractivity contribution in [2.45, 2.75) is 32.3 Å². The summed E-state index contributed by atoms with van der Waals surface area (Å²) in [5, 5.41) is 27.0. The van der Waals surface area contributed by atoms with E-state index < -0.39 is 5.41 Å². The van der Waals surface area contributed by atoms with E-state index in [0.29, 0.717) is 6.42 Å². The quantitative estimate of drug-likeness (QED) is 0.774. The van der Waals surface area contributed by atoms with E-state index in [1.807, 2.05) is 38.1 Å². The number of rotatable bonds is 4. The Labute approximate surface area is 134 Å². The number of hydrogen-bond donors (Lipinski definition) is 2. The van der Waals surface area contributed by atoms with Gasteiger partial charge in [-0.25, -0.2) is 4.98 Å². The average molecular weight is 306 g/mol. The minimum atomic E-state index is -0.581. The van der Waals surface area contributed by atoms with Crippen LogP contribution in [0.4, 0.5) is 0 Å². The van der Waals surface area contributed by atoms with Crippen LogP contribution in [0.2, 0.25) is 0 Å². The fourth-order valence-corrected chi connectivity index (χ4v) is 2.71. The SMILES string of the molecule is CCC(C)(C#N)c1cc(CO)cc(-c2ccnc3[nH]ncc23)c1. The topological polar surface area (TPSA) is 85.6 Å². The molecule has 2 N–H and O–H groups in total. The highest BCUT2D eigenvalue weighted by Crippen LogP contribution is 2.33. The molecule has 116 valence electrons. The van der Waals surface area contributed by atoms with Crippen LogP contribution in [0.15, 0.2) is 36.7 Å². The van der Waals surface area contributed by atoms with Gasteiger partial charge in [0, 0.05) is 11.6 Å². The van der Waals surface area contributed by atoms with Gasteiger partial charge in [0.1, 0.15) is 0 Å². The Kier molecular flexibility index (Phi) is 3.85. The third kappa shape index (κ3) is 2.58. The van der Waals surface area contributed by atoms with Crippen LogP contribution >= 0.6 is 0 Å². The number of H-pyrrole nitrogens is 1. The Balaban J connectivity index is 2.24. The zero-order valence-corrected chi connectivity index (χ0v) is 13.2. The molecule has 0 saturated carbocycles. The lowest BCUT2D eigenvalue weighted by atomic mass is 9.79. The van der Waals surface area contributed by atoms with Crippen molar-refractivity contribution < 1.29 is 5.11 Å². The summed E-state index contributed by atoms with van der Waals surface area (Å²) in [6.07, 6.45) is 4.17. The molecule has 0 fully saturated rings. The largest absolute Gasteiger partial charge is 0.392 e. The predicted octanol–water partition coefficient (Wildman–Crippen LogP) is 3.31. The third-order valence-corrected chi connectivity index (χ3v) is 4.43. The van der Waals surface area contributed by atoms with Crippen LogP contribution in [-0.2, 0) is 12.0 Å². The maximum Gasteiger partial charge on any atom is 0.155 e. The molecule has 0 bridgehead atoms. The van der Waals surface area contributed by atoms with Crippen molar-refractivity contribution in [2.75, 3.05) is 0 Å². The molecule has 23 heavy (non-hydrogen) atoms. The molecule has 0 amide bonds. The van der Waals surface area contributed by atoms with Crippen LogP contribution in [0.5, 0.6) is 0 Å². The molecule has 1 atom stereocenters. The lowest BCUT2D eigenvalue weighted by molar-refractivity contribution is 0.281. The van der Waals surface area contributed by atoms with Crippen LogP contribution in [0, 0.1) is 11.3 Å². The van der Waals surface area contributed by atoms with E-state index in [1.54, 1.807) is 12.4 Å². The van der Waals surface area contributed by atoms with Crippen LogP contribution in [0.25, 0.3) is 22.2 Å². The minimum absolute atomic E-state index is 0.0638. The highest BCUT2D eigenvalue weighted by atomic mass is 16.3. The fraction of sp³-hybridized carbons (Fsp3) is 0.278. The van der Waals surface area contributed by atoms with Crippen molar-refractivity contribution in [2.24, 2.45) is 0 Å². The van der Waals surface area contributed by atoms with Crippen molar-refractivity contribution in [1.82, 2.24) is 15.2 Å². The average Bonchev–Trinajstić information content (AvgIpc) is 3.09. The Morgan fingerprint density at radius 2 is 2.17 bits per heavy atom. The van der Waals surface area contributed by atoms with Gasteiger partial charge in [0.15, 0.2) is 5.65 Å². The molecule has 5 nitrogen and oxygen atoms in total. The first-order valence-corrected chi connectivity index (χ1v) is 7.56. The lowest BCUT2D eigenvalue weighted by Gasteiger charge is -2.22. The number of aliphatic hydroxyl groups is 1. The first-order chi connectivity index (χ1) is 11.1. The molecule has 2 heterocycles. The van der Waals surface area contributed by atoms with Gasteiger partial charge >= 0.3 is 0 Å². The number of nitrogens with one attached hydrogen (secondary N) is 1. The molecule has 5 heteroatoms. The lowest BCUT2D eigenvalue weighted by Crippen LogP contribution is -2.18. The normalized spacial score (nSPS) is 13.7. The molecule has 1 aromatic carbocycles. The van der Waals surface area contributed by atoms with Gasteiger partial charge in [0.2, 0.25) is 0 Å². The maximum absolute atomic E-state index is 9.60. The number of benzene rings is 1. The third-order valence-electron chi connectivity index (χ3n) is 4.43. The van der Waals surface area contributed by atoms with Gasteiger partial charge in [-0.2, -0.15) is 10.4 Å². The number of aliphatic hydroxyl groups excluding tert-OH is 1. The first-order valence-electron chi connectivity index (χ1n) is 7.56. The summed E-state index contributed by atoms with van der Waals surface area (Å²) < 4.78 is 0. The van der Waals surface area contributed by atoms with Crippen molar-refractivity contribution in [1.29, 1.82) is 5.26 Å². The van der Waals surface area contributed by atoms with Gasteiger partial charge in [-0.1, -0.05) is 13.0 Å². The first kappa shape index (κ1) is 15.2. The molecular weight excluding hydrogens is 288 g/mol. The van der Waals surface area contributed by atoms with Gasteiger partial charge < -0.3 is 5.11 Å². The number of fused-ring (bicyclic) bond motifs is 1. The van der Waals surface area contributed by atoms with E-state index in [-0.39, 0.29) is 6.61 Å². The van der Waals surface area contributed by atoms with Gasteiger partial charge in [-0.05, 0) is 53.8 Å². The number of aromatic amines is 1. The van der Waals surface area contributed by atoms with Crippen LogP contribution in [0.3, 0.4) is 0 Å². The number of nitriles is 1. The van der Waals surface area contributed by atoms with Crippen molar-refractivity contribution in [3.05, 3.63) is 47.8 Å². The van der Waals surface area contributed by atoms with Gasteiger partial charge in [-0.3, -0.25) is 5.10 Å². The van der Waals surface area contributed by atoms with E-state index in [9.17, 15) is 10.4 Å². The summed E-state index contributed by atoms with van der Waals surface area (Å²) in [7, 11) is 0. The molecular formula is C18H18N4O. The molecule has 3 rings (SSSR count). The van der Waals surface area contributed by atoms with E-state index >= 15 is 0 Å². The highest BCUT2D eigenvalue weighted by molar-refractivity contribution is 5.92. The summed E-state index contributed by atoms with van der Waals surface area (Å²) in [5.41, 5.74) is 3.78. The summed E-state index contributed by atoms with van der Waals surface area (Å²) in [5.74, 6) is 0. The number of nitrogens with zero attached hydrogens (tertiary/aromatic N) is 3. The minimum Gasteiger partial charge on any atom is -0.392 e. The summed E-state index contributed by atoms with van der Waals surface area (Å²) >= 11 is 0. The molecule has 0 aliphatic rings. The predicted molar refractivity (Wildman–Crippen MR) is 88.5 cm³/mol. The van der Waals surface area contributed by atoms with E-state index in [4.69, 9.17) is 0 Å². The van der Waals surface area contributed by atoms with Gasteiger partial charge in [0.05, 0.1) is 24.3 Å². The Bertz CT molecular complexity index is 893. The zero-order valence-electron chi connectivity index (χ0n) is 13.2. The molecule has 0 aliphatic carbocycles. The number of pyridine rings is 1. The van der Waals surface area contributed by atoms with Crippen molar-refractivity contribution >= 4 is 11.0 Å². The fourth-order valence-electron chi connectivity index (χ4n) is 2.71. The van der Waals surface area contributed by atoms with Gasteiger partial charge in [0.25, 0.3) is 0 Å². The standard InChI is InChI=1S/C18H18N4O/c1-3-18(2,11-19)14-7-12(10-23)6-13(8-14)15-4-5-20-17-16(15)9-21-22-17/h4-9,23H,3,10H2,1-2H3,(H,20,21,22). The molecule has 0 spiro atoms. The van der Waals surface area contributed by atoms with Crippen LogP contribution < -0.4 is 0 Å². The number of hydrogen-bond acceptors (Lipinski definition) is 4. The Morgan fingerprint density at radius 1 is 1.35 bits per heavy atom. The van der Waals surface area contributed by atoms with Crippen LogP contribution in [0.1, 0.15) is 31.4 Å². The van der Waals surface area contributed by atoms with Crippen molar-refractivity contribution in [3.8, 4) is 17.2 Å². The van der Waals surface area contributed by atoms with Crippen molar-refractivity contribution in [3.63, 3.8) is 0 Å². The molecule has 0 saturated heterocycles. The van der Waals surface area contributed by atoms with E-state index in [2.05, 4.69) is 21.3 Å². The second-order valence-electron chi connectivity index (χ2n) is 5.86. The second kappa shape index (κ2) is 5.82. The maximum atomic E-state index is 9.60. The summed E-state index contributed by atoms with van der Waals surface area (Å²) in [6, 6.07) is 10.2. The second-order valence-corrected chi connectivity index (χ2v) is 5.86. The Hall–Kier alpha value is -2.71.